The van der Waals surface area contributed by atoms with Gasteiger partial charge in [-0.05, 0) is 17.7 Å². The van der Waals surface area contributed by atoms with Gasteiger partial charge in [-0.2, -0.15) is 0 Å². The lowest BCUT2D eigenvalue weighted by atomic mass is 10.2. The van der Waals surface area contributed by atoms with E-state index in [0.717, 1.165) is 22.9 Å². The number of nitrogens with zero attached hydrogens (tertiary/aromatic N) is 1. The van der Waals surface area contributed by atoms with Crippen molar-refractivity contribution >= 4 is 39.7 Å². The van der Waals surface area contributed by atoms with Gasteiger partial charge in [-0.1, -0.05) is 59.6 Å². The molecular formula is C16H12Cl2N2S. The normalized spacial score (nSPS) is 10.6. The Hall–Kier alpha value is -1.55. The fourth-order valence-electron chi connectivity index (χ4n) is 1.99. The second-order valence-electron chi connectivity index (χ2n) is 4.47. The van der Waals surface area contributed by atoms with Gasteiger partial charge in [0.1, 0.15) is 0 Å². The number of aromatic nitrogens is 1. The lowest BCUT2D eigenvalue weighted by molar-refractivity contribution is 1.14. The van der Waals surface area contributed by atoms with Gasteiger partial charge in [0.25, 0.3) is 0 Å². The molecule has 0 spiro atoms. The van der Waals surface area contributed by atoms with E-state index in [0.29, 0.717) is 10.0 Å². The minimum Gasteiger partial charge on any atom is -0.357 e. The maximum atomic E-state index is 6.21. The third kappa shape index (κ3) is 3.38. The van der Waals surface area contributed by atoms with Crippen LogP contribution in [-0.4, -0.2) is 4.98 Å². The molecule has 3 aromatic rings. The monoisotopic (exact) mass is 334 g/mol. The lowest BCUT2D eigenvalue weighted by Gasteiger charge is -2.04. The van der Waals surface area contributed by atoms with E-state index in [1.165, 1.54) is 5.56 Å². The zero-order valence-corrected chi connectivity index (χ0v) is 13.3. The van der Waals surface area contributed by atoms with Crippen molar-refractivity contribution in [2.45, 2.75) is 6.54 Å². The standard InChI is InChI=1S/C16H12Cl2N2S/c17-12-7-4-8-13(18)15(12)14-10-21-16(20-14)19-9-11-5-2-1-3-6-11/h1-8,10H,9H2,(H,19,20). The van der Waals surface area contributed by atoms with Crippen LogP contribution in [0.25, 0.3) is 11.3 Å². The SMILES string of the molecule is Clc1cccc(Cl)c1-c1csc(NCc2ccccc2)n1. The summed E-state index contributed by atoms with van der Waals surface area (Å²) in [6.45, 7) is 0.740. The molecular weight excluding hydrogens is 323 g/mol. The fraction of sp³-hybridized carbons (Fsp3) is 0.0625. The third-order valence-corrected chi connectivity index (χ3v) is 4.44. The number of rotatable bonds is 4. The highest BCUT2D eigenvalue weighted by atomic mass is 35.5. The minimum absolute atomic E-state index is 0.613. The number of nitrogens with one attached hydrogen (secondary N) is 1. The van der Waals surface area contributed by atoms with Crippen molar-refractivity contribution in [3.05, 3.63) is 69.5 Å². The minimum atomic E-state index is 0.613. The molecule has 0 radical (unpaired) electrons. The molecule has 0 unspecified atom stereocenters. The Balaban J connectivity index is 1.78. The number of hydrogen-bond donors (Lipinski definition) is 1. The van der Waals surface area contributed by atoms with E-state index in [1.807, 2.05) is 41.8 Å². The molecule has 21 heavy (non-hydrogen) atoms. The van der Waals surface area contributed by atoms with Crippen LogP contribution < -0.4 is 5.32 Å². The van der Waals surface area contributed by atoms with Crippen molar-refractivity contribution in [1.29, 1.82) is 0 Å². The Morgan fingerprint density at radius 2 is 1.67 bits per heavy atom. The van der Waals surface area contributed by atoms with Gasteiger partial charge in [0.05, 0.1) is 15.7 Å². The summed E-state index contributed by atoms with van der Waals surface area (Å²) in [5, 5.41) is 7.35. The highest BCUT2D eigenvalue weighted by Crippen LogP contribution is 2.35. The molecule has 0 saturated carbocycles. The van der Waals surface area contributed by atoms with E-state index >= 15 is 0 Å². The molecule has 0 saturated heterocycles. The summed E-state index contributed by atoms with van der Waals surface area (Å²) < 4.78 is 0. The molecule has 106 valence electrons. The van der Waals surface area contributed by atoms with Gasteiger partial charge in [-0.3, -0.25) is 0 Å². The number of benzene rings is 2. The van der Waals surface area contributed by atoms with Gasteiger partial charge >= 0.3 is 0 Å². The zero-order valence-electron chi connectivity index (χ0n) is 11.0. The quantitative estimate of drug-likeness (QED) is 0.659. The third-order valence-electron chi connectivity index (χ3n) is 3.01. The lowest BCUT2D eigenvalue weighted by Crippen LogP contribution is -1.98. The number of halogens is 2. The smallest absolute Gasteiger partial charge is 0.183 e. The van der Waals surface area contributed by atoms with Crippen molar-refractivity contribution in [3.8, 4) is 11.3 Å². The molecule has 1 heterocycles. The number of anilines is 1. The molecule has 2 nitrogen and oxygen atoms in total. The van der Waals surface area contributed by atoms with Gasteiger partial charge in [0, 0.05) is 17.5 Å². The maximum absolute atomic E-state index is 6.21. The predicted octanol–water partition coefficient (Wildman–Crippen LogP) is 5.73. The van der Waals surface area contributed by atoms with Crippen molar-refractivity contribution in [3.63, 3.8) is 0 Å². The van der Waals surface area contributed by atoms with Crippen molar-refractivity contribution < 1.29 is 0 Å². The number of hydrogen-bond acceptors (Lipinski definition) is 3. The van der Waals surface area contributed by atoms with Crippen LogP contribution in [0.15, 0.2) is 53.9 Å². The Morgan fingerprint density at radius 3 is 2.38 bits per heavy atom. The van der Waals surface area contributed by atoms with Crippen LogP contribution in [0.1, 0.15) is 5.56 Å². The fourth-order valence-corrected chi connectivity index (χ4v) is 3.28. The summed E-state index contributed by atoms with van der Waals surface area (Å²) in [5.41, 5.74) is 2.79. The van der Waals surface area contributed by atoms with E-state index in [2.05, 4.69) is 22.4 Å². The molecule has 1 N–H and O–H groups in total. The van der Waals surface area contributed by atoms with Gasteiger partial charge < -0.3 is 5.32 Å². The highest BCUT2D eigenvalue weighted by Gasteiger charge is 2.11. The summed E-state index contributed by atoms with van der Waals surface area (Å²) >= 11 is 14.0. The Bertz CT molecular complexity index is 721. The second-order valence-corrected chi connectivity index (χ2v) is 6.15. The topological polar surface area (TPSA) is 24.9 Å². The molecule has 0 aliphatic carbocycles. The highest BCUT2D eigenvalue weighted by molar-refractivity contribution is 7.14. The number of thiazole rings is 1. The van der Waals surface area contributed by atoms with Crippen LogP contribution in [-0.2, 0) is 6.54 Å². The van der Waals surface area contributed by atoms with Gasteiger partial charge in [0.15, 0.2) is 5.13 Å². The molecule has 0 fully saturated rings. The van der Waals surface area contributed by atoms with Gasteiger partial charge in [-0.15, -0.1) is 11.3 Å². The molecule has 1 aromatic heterocycles. The second kappa shape index (κ2) is 6.48. The maximum Gasteiger partial charge on any atom is 0.183 e. The van der Waals surface area contributed by atoms with E-state index in [1.54, 1.807) is 11.3 Å². The first kappa shape index (κ1) is 14.4. The molecule has 5 heteroatoms. The van der Waals surface area contributed by atoms with Crippen LogP contribution in [0.4, 0.5) is 5.13 Å². The Labute approximate surface area is 137 Å². The van der Waals surface area contributed by atoms with Crippen LogP contribution >= 0.6 is 34.5 Å². The van der Waals surface area contributed by atoms with Gasteiger partial charge in [0.2, 0.25) is 0 Å². The summed E-state index contributed by atoms with van der Waals surface area (Å²) in [6, 6.07) is 15.7. The van der Waals surface area contributed by atoms with Crippen molar-refractivity contribution in [1.82, 2.24) is 4.98 Å². The molecule has 3 rings (SSSR count). The van der Waals surface area contributed by atoms with E-state index in [9.17, 15) is 0 Å². The molecule has 0 atom stereocenters. The molecule has 0 bridgehead atoms. The van der Waals surface area contributed by atoms with Crippen molar-refractivity contribution in [2.24, 2.45) is 0 Å². The summed E-state index contributed by atoms with van der Waals surface area (Å²) in [4.78, 5) is 4.56. The van der Waals surface area contributed by atoms with Crippen LogP contribution in [0.3, 0.4) is 0 Å². The average molecular weight is 335 g/mol. The first-order valence-corrected chi connectivity index (χ1v) is 8.05. The van der Waals surface area contributed by atoms with Crippen LogP contribution in [0.2, 0.25) is 10.0 Å². The van der Waals surface area contributed by atoms with Crippen molar-refractivity contribution in [2.75, 3.05) is 5.32 Å². The van der Waals surface area contributed by atoms with Crippen LogP contribution in [0, 0.1) is 0 Å². The average Bonchev–Trinajstić information content (AvgIpc) is 2.95. The van der Waals surface area contributed by atoms with E-state index in [4.69, 9.17) is 23.2 Å². The summed E-state index contributed by atoms with van der Waals surface area (Å²) in [7, 11) is 0. The Kier molecular flexibility index (Phi) is 4.44. The first-order valence-electron chi connectivity index (χ1n) is 6.42. The molecule has 0 aliphatic heterocycles. The van der Waals surface area contributed by atoms with E-state index < -0.39 is 0 Å². The van der Waals surface area contributed by atoms with Gasteiger partial charge in [-0.25, -0.2) is 4.98 Å². The largest absolute Gasteiger partial charge is 0.357 e. The molecule has 0 aliphatic rings. The molecule has 0 amide bonds. The van der Waals surface area contributed by atoms with Crippen LogP contribution in [0.5, 0.6) is 0 Å². The zero-order chi connectivity index (χ0) is 14.7. The summed E-state index contributed by atoms with van der Waals surface area (Å²) in [6.07, 6.45) is 0. The Morgan fingerprint density at radius 1 is 0.952 bits per heavy atom. The van der Waals surface area contributed by atoms with E-state index in [-0.39, 0.29) is 0 Å². The summed E-state index contributed by atoms with van der Waals surface area (Å²) in [5.74, 6) is 0. The predicted molar refractivity (Wildman–Crippen MR) is 91.3 cm³/mol. The molecule has 2 aromatic carbocycles. The first-order chi connectivity index (χ1) is 10.2.